The molecule has 3 saturated heterocycles. The minimum absolute atomic E-state index is 0.781. The molecule has 0 spiro atoms. The normalized spacial score (nSPS) is 45.6. The van der Waals surface area contributed by atoms with Gasteiger partial charge >= 0.3 is 0 Å². The van der Waals surface area contributed by atoms with Gasteiger partial charge in [-0.3, -0.25) is 4.90 Å². The second kappa shape index (κ2) is 4.63. The molecule has 3 nitrogen and oxygen atoms in total. The maximum absolute atomic E-state index is 5.57. The molecule has 0 aliphatic carbocycles. The molecule has 4 unspecified atom stereocenters. The third-order valence-corrected chi connectivity index (χ3v) is 4.87. The van der Waals surface area contributed by atoms with Crippen LogP contribution < -0.4 is 5.32 Å². The van der Waals surface area contributed by atoms with Crippen LogP contribution in [-0.4, -0.2) is 49.8 Å². The van der Waals surface area contributed by atoms with Crippen LogP contribution in [0.3, 0.4) is 0 Å². The van der Waals surface area contributed by atoms with Gasteiger partial charge in [-0.25, -0.2) is 0 Å². The summed E-state index contributed by atoms with van der Waals surface area (Å²) in [6, 6.07) is 1.58. The number of rotatable bonds is 1. The summed E-state index contributed by atoms with van der Waals surface area (Å²) in [5, 5.41) is 3.54. The molecule has 3 aliphatic heterocycles. The zero-order valence-electron chi connectivity index (χ0n) is 10.3. The Kier molecular flexibility index (Phi) is 3.18. The Morgan fingerprint density at radius 1 is 1.19 bits per heavy atom. The van der Waals surface area contributed by atoms with Crippen LogP contribution in [0.1, 0.15) is 26.2 Å². The minimum Gasteiger partial charge on any atom is -0.381 e. The molecular weight excluding hydrogens is 200 g/mol. The Morgan fingerprint density at radius 2 is 2.12 bits per heavy atom. The predicted octanol–water partition coefficient (Wildman–Crippen LogP) is 1.10. The van der Waals surface area contributed by atoms with Crippen molar-refractivity contribution in [1.29, 1.82) is 0 Å². The summed E-state index contributed by atoms with van der Waals surface area (Å²) in [5.41, 5.74) is 0. The largest absolute Gasteiger partial charge is 0.381 e. The SMILES string of the molecule is CC1C2CNCC2CN1C1CCCOCC1. The molecule has 0 aromatic rings. The van der Waals surface area contributed by atoms with Gasteiger partial charge in [0.05, 0.1) is 0 Å². The summed E-state index contributed by atoms with van der Waals surface area (Å²) in [7, 11) is 0. The summed E-state index contributed by atoms with van der Waals surface area (Å²) < 4.78 is 5.57. The van der Waals surface area contributed by atoms with Gasteiger partial charge in [0, 0.05) is 31.8 Å². The van der Waals surface area contributed by atoms with Gasteiger partial charge in [-0.15, -0.1) is 0 Å². The summed E-state index contributed by atoms with van der Waals surface area (Å²) in [5.74, 6) is 1.82. The molecule has 4 atom stereocenters. The molecule has 3 heterocycles. The van der Waals surface area contributed by atoms with Crippen molar-refractivity contribution in [2.24, 2.45) is 11.8 Å². The highest BCUT2D eigenvalue weighted by Gasteiger charge is 2.43. The van der Waals surface area contributed by atoms with E-state index in [2.05, 4.69) is 17.1 Å². The molecule has 1 N–H and O–H groups in total. The van der Waals surface area contributed by atoms with Gasteiger partial charge in [0.1, 0.15) is 0 Å². The zero-order valence-corrected chi connectivity index (χ0v) is 10.3. The average molecular weight is 224 g/mol. The maximum atomic E-state index is 5.57. The van der Waals surface area contributed by atoms with Gasteiger partial charge in [-0.1, -0.05) is 0 Å². The van der Waals surface area contributed by atoms with E-state index in [1.807, 2.05) is 0 Å². The zero-order chi connectivity index (χ0) is 11.0. The van der Waals surface area contributed by atoms with Crippen molar-refractivity contribution < 1.29 is 4.74 Å². The molecule has 3 heteroatoms. The van der Waals surface area contributed by atoms with Crippen LogP contribution in [0.5, 0.6) is 0 Å². The summed E-state index contributed by atoms with van der Waals surface area (Å²) in [6.45, 7) is 8.20. The molecule has 92 valence electrons. The van der Waals surface area contributed by atoms with Gasteiger partial charge < -0.3 is 10.1 Å². The fourth-order valence-corrected chi connectivity index (χ4v) is 3.90. The summed E-state index contributed by atoms with van der Waals surface area (Å²) >= 11 is 0. The molecule has 16 heavy (non-hydrogen) atoms. The van der Waals surface area contributed by atoms with Gasteiger partial charge in [0.25, 0.3) is 0 Å². The maximum Gasteiger partial charge on any atom is 0.0480 e. The third-order valence-electron chi connectivity index (χ3n) is 4.87. The van der Waals surface area contributed by atoms with E-state index in [4.69, 9.17) is 4.74 Å². The van der Waals surface area contributed by atoms with Crippen LogP contribution in [0.25, 0.3) is 0 Å². The number of hydrogen-bond acceptors (Lipinski definition) is 3. The molecule has 0 amide bonds. The van der Waals surface area contributed by atoms with E-state index in [9.17, 15) is 0 Å². The van der Waals surface area contributed by atoms with Gasteiger partial charge in [0.15, 0.2) is 0 Å². The Hall–Kier alpha value is -0.120. The summed E-state index contributed by atoms with van der Waals surface area (Å²) in [6.07, 6.45) is 3.84. The monoisotopic (exact) mass is 224 g/mol. The lowest BCUT2D eigenvalue weighted by molar-refractivity contribution is 0.122. The van der Waals surface area contributed by atoms with E-state index in [0.717, 1.165) is 37.1 Å². The van der Waals surface area contributed by atoms with Crippen molar-refractivity contribution in [3.63, 3.8) is 0 Å². The molecule has 0 bridgehead atoms. The lowest BCUT2D eigenvalue weighted by Gasteiger charge is -2.32. The predicted molar refractivity (Wildman–Crippen MR) is 64.5 cm³/mol. The highest BCUT2D eigenvalue weighted by molar-refractivity contribution is 4.98. The first-order chi connectivity index (χ1) is 7.86. The smallest absolute Gasteiger partial charge is 0.0480 e. The molecule has 3 rings (SSSR count). The lowest BCUT2D eigenvalue weighted by atomic mass is 9.95. The quantitative estimate of drug-likeness (QED) is 0.722. The molecule has 0 radical (unpaired) electrons. The first kappa shape index (κ1) is 11.0. The van der Waals surface area contributed by atoms with E-state index in [1.54, 1.807) is 0 Å². The van der Waals surface area contributed by atoms with Crippen molar-refractivity contribution in [3.8, 4) is 0 Å². The molecular formula is C13H24N2O. The average Bonchev–Trinajstić information content (AvgIpc) is 2.74. The number of fused-ring (bicyclic) bond motifs is 1. The van der Waals surface area contributed by atoms with E-state index in [0.29, 0.717) is 0 Å². The van der Waals surface area contributed by atoms with Gasteiger partial charge in [-0.2, -0.15) is 0 Å². The fourth-order valence-electron chi connectivity index (χ4n) is 3.90. The van der Waals surface area contributed by atoms with Gasteiger partial charge in [-0.05, 0) is 51.1 Å². The Morgan fingerprint density at radius 3 is 3.00 bits per heavy atom. The first-order valence-corrected chi connectivity index (χ1v) is 6.90. The number of nitrogens with one attached hydrogen (secondary N) is 1. The molecule has 3 fully saturated rings. The van der Waals surface area contributed by atoms with Crippen LogP contribution in [0.2, 0.25) is 0 Å². The van der Waals surface area contributed by atoms with Crippen LogP contribution in [0.15, 0.2) is 0 Å². The van der Waals surface area contributed by atoms with Crippen molar-refractivity contribution >= 4 is 0 Å². The van der Waals surface area contributed by atoms with Crippen molar-refractivity contribution in [3.05, 3.63) is 0 Å². The number of ether oxygens (including phenoxy) is 1. The highest BCUT2D eigenvalue weighted by Crippen LogP contribution is 2.35. The lowest BCUT2D eigenvalue weighted by Crippen LogP contribution is -2.41. The standard InChI is InChI=1S/C13H24N2O/c1-10-13-8-14-7-11(13)9-15(10)12-3-2-5-16-6-4-12/h10-14H,2-9H2,1H3. The Labute approximate surface area is 98.5 Å². The van der Waals surface area contributed by atoms with E-state index < -0.39 is 0 Å². The highest BCUT2D eigenvalue weighted by atomic mass is 16.5. The third kappa shape index (κ3) is 1.89. The van der Waals surface area contributed by atoms with E-state index in [1.165, 1.54) is 38.9 Å². The number of likely N-dealkylation sites (tertiary alicyclic amines) is 1. The van der Waals surface area contributed by atoms with Crippen LogP contribution >= 0.6 is 0 Å². The van der Waals surface area contributed by atoms with Crippen molar-refractivity contribution in [1.82, 2.24) is 10.2 Å². The molecule has 0 aromatic carbocycles. The first-order valence-electron chi connectivity index (χ1n) is 6.90. The number of hydrogen-bond donors (Lipinski definition) is 1. The second-order valence-corrected chi connectivity index (χ2v) is 5.72. The van der Waals surface area contributed by atoms with Crippen molar-refractivity contribution in [2.75, 3.05) is 32.8 Å². The Bertz CT molecular complexity index is 238. The van der Waals surface area contributed by atoms with Crippen molar-refractivity contribution in [2.45, 2.75) is 38.3 Å². The van der Waals surface area contributed by atoms with Crippen LogP contribution in [-0.2, 0) is 4.74 Å². The van der Waals surface area contributed by atoms with Crippen LogP contribution in [0.4, 0.5) is 0 Å². The molecule has 0 saturated carbocycles. The summed E-state index contributed by atoms with van der Waals surface area (Å²) in [4.78, 5) is 2.78. The van der Waals surface area contributed by atoms with Crippen LogP contribution in [0, 0.1) is 11.8 Å². The van der Waals surface area contributed by atoms with E-state index in [-0.39, 0.29) is 0 Å². The number of nitrogens with zero attached hydrogens (tertiary/aromatic N) is 1. The fraction of sp³-hybridized carbons (Fsp3) is 1.00. The topological polar surface area (TPSA) is 24.5 Å². The van der Waals surface area contributed by atoms with Gasteiger partial charge in [0.2, 0.25) is 0 Å². The second-order valence-electron chi connectivity index (χ2n) is 5.72. The minimum atomic E-state index is 0.781. The van der Waals surface area contributed by atoms with E-state index >= 15 is 0 Å². The molecule has 0 aromatic heterocycles. The Balaban J connectivity index is 1.66. The molecule has 3 aliphatic rings.